The van der Waals surface area contributed by atoms with Crippen molar-refractivity contribution in [2.75, 3.05) is 0 Å². The number of rotatable bonds is 4. The average molecular weight is 297 g/mol. The van der Waals surface area contributed by atoms with Gasteiger partial charge in [-0.1, -0.05) is 23.7 Å². The molecule has 0 aromatic heterocycles. The normalized spacial score (nSPS) is 26.4. The Balaban J connectivity index is 1.95. The van der Waals surface area contributed by atoms with Crippen molar-refractivity contribution in [3.63, 3.8) is 0 Å². The molecule has 1 aliphatic rings. The summed E-state index contributed by atoms with van der Waals surface area (Å²) in [4.78, 5) is 0. The number of amidine groups is 1. The van der Waals surface area contributed by atoms with Crippen molar-refractivity contribution in [3.8, 4) is 0 Å². The topological polar surface area (TPSA) is 68.3 Å². The Kier molecular flexibility index (Phi) is 5.02. The first-order chi connectivity index (χ1) is 9.45. The van der Waals surface area contributed by atoms with Crippen molar-refractivity contribution < 1.29 is 9.47 Å². The number of nitrogens with two attached hydrogens (primary N) is 1. The summed E-state index contributed by atoms with van der Waals surface area (Å²) < 4.78 is 11.6. The maximum absolute atomic E-state index is 7.38. The van der Waals surface area contributed by atoms with E-state index in [1.54, 1.807) is 12.1 Å². The fourth-order valence-electron chi connectivity index (χ4n) is 2.52. The molecule has 2 atom stereocenters. The van der Waals surface area contributed by atoms with Crippen LogP contribution in [0.4, 0.5) is 0 Å². The van der Waals surface area contributed by atoms with Gasteiger partial charge in [0.15, 0.2) is 0 Å². The molecule has 20 heavy (non-hydrogen) atoms. The average Bonchev–Trinajstić information content (AvgIpc) is 2.36. The van der Waals surface area contributed by atoms with E-state index in [0.717, 1.165) is 18.4 Å². The molecule has 1 heterocycles. The summed E-state index contributed by atoms with van der Waals surface area (Å²) in [7, 11) is 0. The first-order valence-corrected chi connectivity index (χ1v) is 7.23. The number of benzene rings is 1. The molecule has 110 valence electrons. The van der Waals surface area contributed by atoms with Crippen LogP contribution in [0.1, 0.15) is 37.8 Å². The van der Waals surface area contributed by atoms with E-state index in [4.69, 9.17) is 32.2 Å². The van der Waals surface area contributed by atoms with Crippen LogP contribution in [0.5, 0.6) is 0 Å². The van der Waals surface area contributed by atoms with Gasteiger partial charge in [-0.15, -0.1) is 0 Å². The summed E-state index contributed by atoms with van der Waals surface area (Å²) in [6.07, 6.45) is 2.50. The Morgan fingerprint density at radius 3 is 2.60 bits per heavy atom. The molecule has 2 unspecified atom stereocenters. The Morgan fingerprint density at radius 1 is 1.40 bits per heavy atom. The number of ether oxygens (including phenoxy) is 2. The SMILES string of the molecule is CC1CC(OCc2ccc(C(=N)N)cc2Cl)CC(C)O1. The summed E-state index contributed by atoms with van der Waals surface area (Å²) in [6.45, 7) is 4.61. The van der Waals surface area contributed by atoms with Gasteiger partial charge in [-0.25, -0.2) is 0 Å². The van der Waals surface area contributed by atoms with Gasteiger partial charge in [0.2, 0.25) is 0 Å². The van der Waals surface area contributed by atoms with Crippen molar-refractivity contribution >= 4 is 17.4 Å². The van der Waals surface area contributed by atoms with Crippen LogP contribution in [0, 0.1) is 5.41 Å². The molecule has 5 heteroatoms. The summed E-state index contributed by atoms with van der Waals surface area (Å²) in [6, 6.07) is 5.37. The smallest absolute Gasteiger partial charge is 0.122 e. The van der Waals surface area contributed by atoms with Crippen LogP contribution >= 0.6 is 11.6 Å². The molecule has 0 radical (unpaired) electrons. The lowest BCUT2D eigenvalue weighted by molar-refractivity contribution is -0.106. The highest BCUT2D eigenvalue weighted by Gasteiger charge is 2.25. The van der Waals surface area contributed by atoms with Crippen LogP contribution in [0.15, 0.2) is 18.2 Å². The van der Waals surface area contributed by atoms with Crippen molar-refractivity contribution in [3.05, 3.63) is 34.3 Å². The van der Waals surface area contributed by atoms with Crippen LogP contribution in [0.3, 0.4) is 0 Å². The summed E-state index contributed by atoms with van der Waals surface area (Å²) >= 11 is 6.19. The van der Waals surface area contributed by atoms with E-state index < -0.39 is 0 Å². The molecule has 1 aliphatic heterocycles. The largest absolute Gasteiger partial charge is 0.384 e. The van der Waals surface area contributed by atoms with Crippen molar-refractivity contribution in [2.45, 2.75) is 51.6 Å². The second kappa shape index (κ2) is 6.57. The quantitative estimate of drug-likeness (QED) is 0.662. The highest BCUT2D eigenvalue weighted by Crippen LogP contribution is 2.24. The molecule has 3 N–H and O–H groups in total. The molecule has 0 bridgehead atoms. The minimum absolute atomic E-state index is 0.0199. The highest BCUT2D eigenvalue weighted by molar-refractivity contribution is 6.31. The molecule has 1 aromatic rings. The highest BCUT2D eigenvalue weighted by atomic mass is 35.5. The molecular formula is C15H21ClN2O2. The zero-order valence-electron chi connectivity index (χ0n) is 11.9. The van der Waals surface area contributed by atoms with Crippen LogP contribution in [0.2, 0.25) is 5.02 Å². The van der Waals surface area contributed by atoms with Gasteiger partial charge in [-0.3, -0.25) is 5.41 Å². The van der Waals surface area contributed by atoms with Crippen molar-refractivity contribution in [1.82, 2.24) is 0 Å². The minimum atomic E-state index is 0.0199. The van der Waals surface area contributed by atoms with Gasteiger partial charge in [0.05, 0.1) is 24.9 Å². The zero-order chi connectivity index (χ0) is 14.7. The molecule has 0 saturated carbocycles. The van der Waals surface area contributed by atoms with E-state index in [2.05, 4.69) is 13.8 Å². The molecule has 1 fully saturated rings. The maximum atomic E-state index is 7.38. The lowest BCUT2D eigenvalue weighted by atomic mass is 10.0. The monoisotopic (exact) mass is 296 g/mol. The molecular weight excluding hydrogens is 276 g/mol. The fourth-order valence-corrected chi connectivity index (χ4v) is 2.76. The van der Waals surface area contributed by atoms with E-state index in [1.807, 2.05) is 6.07 Å². The summed E-state index contributed by atoms with van der Waals surface area (Å²) in [5, 5.41) is 7.97. The number of hydrogen-bond donors (Lipinski definition) is 2. The molecule has 2 rings (SSSR count). The van der Waals surface area contributed by atoms with Crippen LogP contribution in [-0.4, -0.2) is 24.1 Å². The Bertz CT molecular complexity index is 483. The van der Waals surface area contributed by atoms with Crippen LogP contribution in [-0.2, 0) is 16.1 Å². The Morgan fingerprint density at radius 2 is 2.05 bits per heavy atom. The second-order valence-corrected chi connectivity index (χ2v) is 5.79. The zero-order valence-corrected chi connectivity index (χ0v) is 12.6. The molecule has 0 amide bonds. The van der Waals surface area contributed by atoms with E-state index >= 15 is 0 Å². The van der Waals surface area contributed by atoms with E-state index in [0.29, 0.717) is 17.2 Å². The summed E-state index contributed by atoms with van der Waals surface area (Å²) in [5.74, 6) is 0.0199. The lowest BCUT2D eigenvalue weighted by Gasteiger charge is -2.32. The third kappa shape index (κ3) is 3.95. The van der Waals surface area contributed by atoms with E-state index in [1.165, 1.54) is 0 Å². The summed E-state index contributed by atoms with van der Waals surface area (Å²) in [5.41, 5.74) is 6.99. The van der Waals surface area contributed by atoms with Gasteiger partial charge in [0.25, 0.3) is 0 Å². The van der Waals surface area contributed by atoms with Crippen molar-refractivity contribution in [2.24, 2.45) is 5.73 Å². The second-order valence-electron chi connectivity index (χ2n) is 5.38. The minimum Gasteiger partial charge on any atom is -0.384 e. The number of nitrogens with one attached hydrogen (secondary N) is 1. The predicted octanol–water partition coefficient (Wildman–Crippen LogP) is 3.10. The van der Waals surface area contributed by atoms with Gasteiger partial charge in [0.1, 0.15) is 5.84 Å². The molecule has 0 spiro atoms. The molecule has 1 aromatic carbocycles. The van der Waals surface area contributed by atoms with Crippen LogP contribution < -0.4 is 5.73 Å². The predicted molar refractivity (Wildman–Crippen MR) is 80.3 cm³/mol. The standard InChI is InChI=1S/C15H21ClN2O2/c1-9-5-13(6-10(2)20-9)19-8-12-4-3-11(15(17)18)7-14(12)16/h3-4,7,9-10,13H,5-6,8H2,1-2H3,(H3,17,18). The molecule has 1 saturated heterocycles. The van der Waals surface area contributed by atoms with Gasteiger partial charge in [0, 0.05) is 10.6 Å². The van der Waals surface area contributed by atoms with Gasteiger partial charge >= 0.3 is 0 Å². The van der Waals surface area contributed by atoms with Crippen molar-refractivity contribution in [1.29, 1.82) is 5.41 Å². The van der Waals surface area contributed by atoms with E-state index in [-0.39, 0.29) is 24.1 Å². The molecule has 4 nitrogen and oxygen atoms in total. The Hall–Kier alpha value is -1.10. The van der Waals surface area contributed by atoms with Gasteiger partial charge in [-0.2, -0.15) is 0 Å². The first-order valence-electron chi connectivity index (χ1n) is 6.85. The first kappa shape index (κ1) is 15.3. The molecule has 0 aliphatic carbocycles. The third-order valence-electron chi connectivity index (χ3n) is 3.49. The van der Waals surface area contributed by atoms with Gasteiger partial charge < -0.3 is 15.2 Å². The van der Waals surface area contributed by atoms with E-state index in [9.17, 15) is 0 Å². The number of hydrogen-bond acceptors (Lipinski definition) is 3. The maximum Gasteiger partial charge on any atom is 0.122 e. The third-order valence-corrected chi connectivity index (χ3v) is 3.84. The Labute approximate surface area is 124 Å². The number of nitrogen functional groups attached to an aromatic ring is 1. The lowest BCUT2D eigenvalue weighted by Crippen LogP contribution is -2.34. The fraction of sp³-hybridized carbons (Fsp3) is 0.533. The van der Waals surface area contributed by atoms with Gasteiger partial charge in [-0.05, 0) is 38.3 Å². The number of halogens is 1. The van der Waals surface area contributed by atoms with Crippen LogP contribution in [0.25, 0.3) is 0 Å².